The van der Waals surface area contributed by atoms with Crippen LogP contribution in [0.1, 0.15) is 12.0 Å². The van der Waals surface area contributed by atoms with Crippen LogP contribution in [-0.4, -0.2) is 17.1 Å². The topological polar surface area (TPSA) is 67.0 Å². The van der Waals surface area contributed by atoms with Gasteiger partial charge in [-0.05, 0) is 24.3 Å². The van der Waals surface area contributed by atoms with Gasteiger partial charge in [0.1, 0.15) is 5.75 Å². The lowest BCUT2D eigenvalue weighted by Crippen LogP contribution is -2.11. The number of alkyl halides is 2. The third-order valence-electron chi connectivity index (χ3n) is 4.06. The number of fused-ring (bicyclic) bond motifs is 1. The number of carbonyl (C=O) groups excluding carboxylic acids is 1. The molecule has 0 spiro atoms. The minimum Gasteiger partial charge on any atom is -0.433 e. The summed E-state index contributed by atoms with van der Waals surface area (Å²) in [4.78, 5) is 12.2. The van der Waals surface area contributed by atoms with Crippen LogP contribution in [0.4, 0.5) is 14.5 Å². The Morgan fingerprint density at radius 2 is 1.96 bits per heavy atom. The molecule has 0 aliphatic carbocycles. The van der Waals surface area contributed by atoms with Crippen molar-refractivity contribution in [3.05, 3.63) is 66.4 Å². The lowest BCUT2D eigenvalue weighted by Gasteiger charge is -2.10. The average molecular weight is 381 g/mol. The van der Waals surface area contributed by atoms with E-state index in [-0.39, 0.29) is 11.4 Å². The zero-order valence-electron chi connectivity index (χ0n) is 14.8. The summed E-state index contributed by atoms with van der Waals surface area (Å²) in [5.74, 6) is -0.577. The van der Waals surface area contributed by atoms with Crippen LogP contribution in [0.3, 0.4) is 0 Å². The van der Waals surface area contributed by atoms with Crippen LogP contribution in [0, 0.1) is 11.3 Å². The molecule has 0 bridgehead atoms. The molecule has 0 aliphatic heterocycles. The molecule has 1 N–H and O–H groups in total. The number of halogens is 2. The minimum absolute atomic E-state index is 0.104. The van der Waals surface area contributed by atoms with Gasteiger partial charge in [0, 0.05) is 35.3 Å². The van der Waals surface area contributed by atoms with E-state index in [1.807, 2.05) is 35.0 Å². The molecule has 0 unspecified atom stereocenters. The molecule has 5 nitrogen and oxygen atoms in total. The van der Waals surface area contributed by atoms with Crippen LogP contribution in [0.2, 0.25) is 0 Å². The van der Waals surface area contributed by atoms with E-state index in [0.29, 0.717) is 13.0 Å². The van der Waals surface area contributed by atoms with E-state index in [4.69, 9.17) is 5.26 Å². The number of aromatic nitrogens is 1. The Labute approximate surface area is 160 Å². The second kappa shape index (κ2) is 8.82. The molecule has 3 aromatic rings. The molecule has 0 radical (unpaired) electrons. The number of nitriles is 1. The van der Waals surface area contributed by atoms with Crippen LogP contribution in [-0.2, 0) is 11.3 Å². The van der Waals surface area contributed by atoms with Crippen molar-refractivity contribution in [2.75, 3.05) is 5.32 Å². The Balaban J connectivity index is 1.79. The van der Waals surface area contributed by atoms with Gasteiger partial charge in [0.15, 0.2) is 0 Å². The first-order valence-corrected chi connectivity index (χ1v) is 8.56. The van der Waals surface area contributed by atoms with E-state index in [1.165, 1.54) is 18.2 Å². The maximum absolute atomic E-state index is 12.5. The molecule has 0 saturated carbocycles. The molecule has 2 aromatic carbocycles. The Morgan fingerprint density at radius 3 is 2.75 bits per heavy atom. The molecule has 1 aromatic heterocycles. The van der Waals surface area contributed by atoms with Crippen molar-refractivity contribution >= 4 is 28.6 Å². The quantitative estimate of drug-likeness (QED) is 0.598. The van der Waals surface area contributed by atoms with Crippen LogP contribution >= 0.6 is 0 Å². The van der Waals surface area contributed by atoms with Crippen LogP contribution in [0.15, 0.2) is 60.8 Å². The molecule has 3 rings (SSSR count). The predicted molar refractivity (Wildman–Crippen MR) is 103 cm³/mol. The van der Waals surface area contributed by atoms with Crippen LogP contribution in [0.25, 0.3) is 17.0 Å². The van der Waals surface area contributed by atoms with Gasteiger partial charge in [-0.1, -0.05) is 30.3 Å². The highest BCUT2D eigenvalue weighted by molar-refractivity contribution is 6.04. The zero-order chi connectivity index (χ0) is 19.9. The fraction of sp³-hybridized carbons (Fsp3) is 0.143. The van der Waals surface area contributed by atoms with Gasteiger partial charge < -0.3 is 14.6 Å². The van der Waals surface area contributed by atoms with E-state index < -0.39 is 12.5 Å². The molecule has 1 heterocycles. The third kappa shape index (κ3) is 4.54. The fourth-order valence-electron chi connectivity index (χ4n) is 2.87. The number of hydrogen-bond donors (Lipinski definition) is 1. The first-order valence-electron chi connectivity index (χ1n) is 8.56. The number of carbonyl (C=O) groups is 1. The molecular weight excluding hydrogens is 364 g/mol. The second-order valence-corrected chi connectivity index (χ2v) is 5.90. The van der Waals surface area contributed by atoms with Gasteiger partial charge in [-0.15, -0.1) is 0 Å². The van der Waals surface area contributed by atoms with Gasteiger partial charge in [-0.2, -0.15) is 14.0 Å². The molecular formula is C21H17F2N3O2. The first-order chi connectivity index (χ1) is 13.6. The lowest BCUT2D eigenvalue weighted by atomic mass is 10.1. The summed E-state index contributed by atoms with van der Waals surface area (Å²) in [5.41, 5.74) is 1.95. The van der Waals surface area contributed by atoms with Crippen LogP contribution < -0.4 is 10.1 Å². The fourth-order valence-corrected chi connectivity index (χ4v) is 2.87. The monoisotopic (exact) mass is 381 g/mol. The summed E-state index contributed by atoms with van der Waals surface area (Å²) in [6.07, 6.45) is 5.23. The number of rotatable bonds is 7. The number of nitrogens with one attached hydrogen (secondary N) is 1. The number of hydrogen-bond acceptors (Lipinski definition) is 3. The third-order valence-corrected chi connectivity index (χ3v) is 4.06. The van der Waals surface area contributed by atoms with Gasteiger partial charge in [0.05, 0.1) is 18.2 Å². The Morgan fingerprint density at radius 1 is 1.21 bits per heavy atom. The van der Waals surface area contributed by atoms with E-state index in [1.54, 1.807) is 18.2 Å². The SMILES string of the molecule is N#CCCn1cc(/C=C/C(=O)Nc2ccccc2OC(F)F)c2ccccc21. The Kier molecular flexibility index (Phi) is 6.02. The van der Waals surface area contributed by atoms with E-state index >= 15 is 0 Å². The van der Waals surface area contributed by atoms with Gasteiger partial charge >= 0.3 is 6.61 Å². The van der Waals surface area contributed by atoms with E-state index in [0.717, 1.165) is 16.5 Å². The highest BCUT2D eigenvalue weighted by atomic mass is 19.3. The normalized spacial score (nSPS) is 11.1. The van der Waals surface area contributed by atoms with Crippen molar-refractivity contribution < 1.29 is 18.3 Å². The number of benzene rings is 2. The Bertz CT molecular complexity index is 1050. The number of aryl methyl sites for hydroxylation is 1. The molecule has 7 heteroatoms. The number of nitrogens with zero attached hydrogens (tertiary/aromatic N) is 2. The molecule has 0 fully saturated rings. The summed E-state index contributed by atoms with van der Waals surface area (Å²) in [7, 11) is 0. The summed E-state index contributed by atoms with van der Waals surface area (Å²) in [6.45, 7) is -2.43. The number of amides is 1. The highest BCUT2D eigenvalue weighted by Gasteiger charge is 2.11. The molecule has 0 atom stereocenters. The smallest absolute Gasteiger partial charge is 0.387 e. The van der Waals surface area contributed by atoms with Gasteiger partial charge in [0.2, 0.25) is 5.91 Å². The number of ether oxygens (including phenoxy) is 1. The molecule has 0 aliphatic rings. The van der Waals surface area contributed by atoms with Gasteiger partial charge in [-0.25, -0.2) is 0 Å². The van der Waals surface area contributed by atoms with Crippen molar-refractivity contribution in [3.63, 3.8) is 0 Å². The average Bonchev–Trinajstić information content (AvgIpc) is 3.04. The zero-order valence-corrected chi connectivity index (χ0v) is 14.8. The van der Waals surface area contributed by atoms with Gasteiger partial charge in [-0.3, -0.25) is 4.79 Å². The van der Waals surface area contributed by atoms with Crippen molar-refractivity contribution in [1.82, 2.24) is 4.57 Å². The highest BCUT2D eigenvalue weighted by Crippen LogP contribution is 2.26. The number of anilines is 1. The molecule has 0 saturated heterocycles. The van der Waals surface area contributed by atoms with Crippen molar-refractivity contribution in [2.45, 2.75) is 19.6 Å². The number of para-hydroxylation sites is 3. The summed E-state index contributed by atoms with van der Waals surface area (Å²) in [5, 5.41) is 12.3. The maximum Gasteiger partial charge on any atom is 0.387 e. The summed E-state index contributed by atoms with van der Waals surface area (Å²) < 4.78 is 31.3. The standard InChI is InChI=1S/C21H17F2N3O2/c22-21(23)28-19-9-4-2-7-17(19)25-20(27)11-10-15-14-26(13-5-12-24)18-8-3-1-6-16(15)18/h1-4,6-11,14,21H,5,13H2,(H,25,27)/b11-10+. The van der Waals surface area contributed by atoms with Crippen molar-refractivity contribution in [1.29, 1.82) is 5.26 Å². The molecule has 1 amide bonds. The van der Waals surface area contributed by atoms with Crippen molar-refractivity contribution in [2.24, 2.45) is 0 Å². The van der Waals surface area contributed by atoms with E-state index in [9.17, 15) is 13.6 Å². The first kappa shape index (κ1) is 19.1. The van der Waals surface area contributed by atoms with Crippen LogP contribution in [0.5, 0.6) is 5.75 Å². The Hall–Kier alpha value is -3.66. The van der Waals surface area contributed by atoms with E-state index in [2.05, 4.69) is 16.1 Å². The lowest BCUT2D eigenvalue weighted by molar-refractivity contribution is -0.111. The second-order valence-electron chi connectivity index (χ2n) is 5.90. The molecule has 142 valence electrons. The summed E-state index contributed by atoms with van der Waals surface area (Å²) in [6, 6.07) is 15.8. The predicted octanol–water partition coefficient (Wildman–Crippen LogP) is 4.81. The van der Waals surface area contributed by atoms with Crippen molar-refractivity contribution in [3.8, 4) is 11.8 Å². The minimum atomic E-state index is -2.98. The summed E-state index contributed by atoms with van der Waals surface area (Å²) >= 11 is 0. The maximum atomic E-state index is 12.5. The largest absolute Gasteiger partial charge is 0.433 e. The van der Waals surface area contributed by atoms with Gasteiger partial charge in [0.25, 0.3) is 0 Å². The molecule has 28 heavy (non-hydrogen) atoms.